The molecule has 3 aromatic rings. The Balaban J connectivity index is 1.41. The van der Waals surface area contributed by atoms with E-state index >= 15 is 0 Å². The number of aromatic nitrogens is 3. The highest BCUT2D eigenvalue weighted by molar-refractivity contribution is 7.07. The highest BCUT2D eigenvalue weighted by Crippen LogP contribution is 2.26. The largest absolute Gasteiger partial charge is 0.333 e. The number of hydrogen-bond donors (Lipinski definition) is 0. The quantitative estimate of drug-likeness (QED) is 0.653. The zero-order valence-corrected chi connectivity index (χ0v) is 17.0. The summed E-state index contributed by atoms with van der Waals surface area (Å²) in [5.74, 6) is -0.148. The molecule has 0 radical (unpaired) electrons. The molecule has 0 spiro atoms. The fourth-order valence-electron chi connectivity index (χ4n) is 4.24. The summed E-state index contributed by atoms with van der Waals surface area (Å²) in [5, 5.41) is 6.32. The Morgan fingerprint density at radius 1 is 1.00 bits per heavy atom. The molecule has 0 aliphatic carbocycles. The van der Waals surface area contributed by atoms with Crippen molar-refractivity contribution in [1.29, 1.82) is 0 Å². The molecule has 8 heteroatoms. The average Bonchev–Trinajstić information content (AvgIpc) is 3.41. The molecule has 4 heterocycles. The van der Waals surface area contributed by atoms with Gasteiger partial charge < -0.3 is 9.80 Å². The predicted molar refractivity (Wildman–Crippen MR) is 109 cm³/mol. The Morgan fingerprint density at radius 3 is 2.55 bits per heavy atom. The summed E-state index contributed by atoms with van der Waals surface area (Å²) >= 11 is 1.41. The van der Waals surface area contributed by atoms with Crippen LogP contribution < -0.4 is 0 Å². The molecular weight excluding hydrogens is 386 g/mol. The first-order chi connectivity index (χ1) is 14.1. The number of benzene rings is 1. The van der Waals surface area contributed by atoms with Gasteiger partial charge in [-0.25, -0.2) is 4.98 Å². The minimum absolute atomic E-state index is 0.0562. The van der Waals surface area contributed by atoms with Crippen LogP contribution in [0.15, 0.2) is 35.2 Å². The van der Waals surface area contributed by atoms with Crippen molar-refractivity contribution in [3.63, 3.8) is 0 Å². The van der Waals surface area contributed by atoms with Crippen LogP contribution >= 0.6 is 11.3 Å². The number of thiazole rings is 1. The van der Waals surface area contributed by atoms with Crippen molar-refractivity contribution in [3.05, 3.63) is 68.9 Å². The van der Waals surface area contributed by atoms with Crippen LogP contribution in [-0.4, -0.2) is 49.5 Å². The molecule has 29 heavy (non-hydrogen) atoms. The number of nitrogens with zero attached hydrogens (tertiary/aromatic N) is 5. The first-order valence-corrected chi connectivity index (χ1v) is 10.6. The topological polar surface area (TPSA) is 71.3 Å². The molecule has 0 atom stereocenters. The van der Waals surface area contributed by atoms with E-state index in [1.54, 1.807) is 20.5 Å². The lowest BCUT2D eigenvalue weighted by molar-refractivity contribution is 0.0701. The minimum atomic E-state index is -0.0916. The molecule has 148 valence electrons. The van der Waals surface area contributed by atoms with Crippen molar-refractivity contribution < 1.29 is 9.59 Å². The normalized spacial score (nSPS) is 15.8. The van der Waals surface area contributed by atoms with E-state index in [9.17, 15) is 9.59 Å². The van der Waals surface area contributed by atoms with E-state index in [2.05, 4.69) is 22.2 Å². The monoisotopic (exact) mass is 407 g/mol. The third kappa shape index (κ3) is 3.13. The van der Waals surface area contributed by atoms with Crippen LogP contribution in [-0.2, 0) is 33.0 Å². The lowest BCUT2D eigenvalue weighted by Gasteiger charge is -2.30. The van der Waals surface area contributed by atoms with Gasteiger partial charge in [-0.3, -0.25) is 14.3 Å². The summed E-state index contributed by atoms with van der Waals surface area (Å²) in [5.41, 5.74) is 6.99. The third-order valence-electron chi connectivity index (χ3n) is 5.80. The third-order valence-corrected chi connectivity index (χ3v) is 6.39. The number of hydrogen-bond acceptors (Lipinski definition) is 5. The van der Waals surface area contributed by atoms with Crippen LogP contribution in [0.1, 0.15) is 43.4 Å². The number of rotatable bonds is 2. The molecule has 0 bridgehead atoms. The fraction of sp³-hybridized carbons (Fsp3) is 0.333. The number of carbonyl (C=O) groups excluding carboxylic acids is 2. The molecule has 0 unspecified atom stereocenters. The Kier molecular flexibility index (Phi) is 4.43. The molecule has 0 N–H and O–H groups in total. The standard InChI is InChI=1S/C21H21N5O2S/c1-24-18-7-9-26(20(27)17-12-29-13-22-17)11-16(18)19(23-24)21(28)25-8-6-14-4-2-3-5-15(14)10-25/h2-5,12-13H,6-11H2,1H3. The summed E-state index contributed by atoms with van der Waals surface area (Å²) in [6.07, 6.45) is 1.54. The van der Waals surface area contributed by atoms with Crippen LogP contribution in [0.3, 0.4) is 0 Å². The summed E-state index contributed by atoms with van der Waals surface area (Å²) < 4.78 is 1.80. The number of amides is 2. The van der Waals surface area contributed by atoms with Gasteiger partial charge in [-0.2, -0.15) is 5.10 Å². The first kappa shape index (κ1) is 18.1. The lowest BCUT2D eigenvalue weighted by Crippen LogP contribution is -2.39. The van der Waals surface area contributed by atoms with Crippen molar-refractivity contribution in [2.45, 2.75) is 25.9 Å². The second kappa shape index (κ2) is 7.11. The molecule has 1 aromatic carbocycles. The maximum absolute atomic E-state index is 13.3. The van der Waals surface area contributed by atoms with Gasteiger partial charge in [-0.1, -0.05) is 24.3 Å². The van der Waals surface area contributed by atoms with Gasteiger partial charge in [0, 0.05) is 49.7 Å². The van der Waals surface area contributed by atoms with E-state index in [0.29, 0.717) is 44.0 Å². The van der Waals surface area contributed by atoms with Gasteiger partial charge in [0.2, 0.25) is 0 Å². The minimum Gasteiger partial charge on any atom is -0.333 e. The second-order valence-electron chi connectivity index (χ2n) is 7.49. The van der Waals surface area contributed by atoms with Crippen molar-refractivity contribution >= 4 is 23.2 Å². The highest BCUT2D eigenvalue weighted by Gasteiger charge is 2.32. The van der Waals surface area contributed by atoms with E-state index in [1.165, 1.54) is 22.5 Å². The molecule has 0 saturated heterocycles. The van der Waals surface area contributed by atoms with Gasteiger partial charge in [0.05, 0.1) is 12.1 Å². The SMILES string of the molecule is Cn1nc(C(=O)N2CCc3ccccc3C2)c2c1CCN(C(=O)c1cscn1)C2. The van der Waals surface area contributed by atoms with Crippen molar-refractivity contribution in [2.24, 2.45) is 7.05 Å². The Morgan fingerprint density at radius 2 is 1.76 bits per heavy atom. The van der Waals surface area contributed by atoms with E-state index in [1.807, 2.05) is 24.1 Å². The summed E-state index contributed by atoms with van der Waals surface area (Å²) in [6, 6.07) is 8.26. The van der Waals surface area contributed by atoms with Crippen LogP contribution in [0.2, 0.25) is 0 Å². The zero-order chi connectivity index (χ0) is 20.0. The Labute approximate surface area is 172 Å². The van der Waals surface area contributed by atoms with Crippen LogP contribution in [0.5, 0.6) is 0 Å². The average molecular weight is 407 g/mol. The molecule has 0 fully saturated rings. The molecule has 5 rings (SSSR count). The smallest absolute Gasteiger partial charge is 0.275 e. The number of fused-ring (bicyclic) bond motifs is 2. The van der Waals surface area contributed by atoms with Crippen molar-refractivity contribution in [3.8, 4) is 0 Å². The molecule has 7 nitrogen and oxygen atoms in total. The molecule has 2 amide bonds. The van der Waals surface area contributed by atoms with Crippen molar-refractivity contribution in [2.75, 3.05) is 13.1 Å². The van der Waals surface area contributed by atoms with Gasteiger partial charge >= 0.3 is 0 Å². The summed E-state index contributed by atoms with van der Waals surface area (Å²) in [4.78, 5) is 33.8. The van der Waals surface area contributed by atoms with Crippen LogP contribution in [0, 0.1) is 0 Å². The van der Waals surface area contributed by atoms with E-state index in [4.69, 9.17) is 0 Å². The van der Waals surface area contributed by atoms with Gasteiger partial charge in [-0.05, 0) is 17.5 Å². The predicted octanol–water partition coefficient (Wildman–Crippen LogP) is 2.27. The van der Waals surface area contributed by atoms with Gasteiger partial charge in [0.25, 0.3) is 11.8 Å². The summed E-state index contributed by atoms with van der Waals surface area (Å²) in [7, 11) is 1.87. The van der Waals surface area contributed by atoms with Gasteiger partial charge in [-0.15, -0.1) is 11.3 Å². The molecule has 2 aliphatic heterocycles. The van der Waals surface area contributed by atoms with Gasteiger partial charge in [0.15, 0.2) is 5.69 Å². The van der Waals surface area contributed by atoms with E-state index < -0.39 is 0 Å². The first-order valence-electron chi connectivity index (χ1n) is 9.70. The Bertz CT molecular complexity index is 1090. The molecule has 0 saturated carbocycles. The number of carbonyl (C=O) groups is 2. The summed E-state index contributed by atoms with van der Waals surface area (Å²) in [6.45, 7) is 2.28. The van der Waals surface area contributed by atoms with Crippen molar-refractivity contribution in [1.82, 2.24) is 24.6 Å². The molecule has 2 aromatic heterocycles. The lowest BCUT2D eigenvalue weighted by atomic mass is 9.99. The fourth-order valence-corrected chi connectivity index (χ4v) is 4.76. The van der Waals surface area contributed by atoms with Crippen LogP contribution in [0.25, 0.3) is 0 Å². The van der Waals surface area contributed by atoms with E-state index in [0.717, 1.165) is 17.7 Å². The zero-order valence-electron chi connectivity index (χ0n) is 16.2. The molecular formula is C21H21N5O2S. The number of aryl methyl sites for hydroxylation is 1. The highest BCUT2D eigenvalue weighted by atomic mass is 32.1. The van der Waals surface area contributed by atoms with Crippen LogP contribution in [0.4, 0.5) is 0 Å². The van der Waals surface area contributed by atoms with Gasteiger partial charge in [0.1, 0.15) is 5.69 Å². The van der Waals surface area contributed by atoms with E-state index in [-0.39, 0.29) is 11.8 Å². The Hall–Kier alpha value is -3.00. The second-order valence-corrected chi connectivity index (χ2v) is 8.21. The molecule has 2 aliphatic rings. The maximum atomic E-state index is 13.3. The maximum Gasteiger partial charge on any atom is 0.275 e.